The standard InChI is InChI=1S/C21H18N8O/c1-22-20-19-15(10-18(26-27-19)24-21(30)13-6-7-13)14(11-23-20)5-3-12-4-8-16-17(9-12)29(2)28-25-16/h4,8-11,13H,6-7H2,1-2H3,(H,22,23)(H,24,26,30). The molecule has 0 bridgehead atoms. The van der Waals surface area contributed by atoms with Gasteiger partial charge in [-0.3, -0.25) is 4.79 Å². The van der Waals surface area contributed by atoms with Gasteiger partial charge in [0.25, 0.3) is 0 Å². The topological polar surface area (TPSA) is 111 Å². The summed E-state index contributed by atoms with van der Waals surface area (Å²) < 4.78 is 1.71. The summed E-state index contributed by atoms with van der Waals surface area (Å²) >= 11 is 0. The summed E-state index contributed by atoms with van der Waals surface area (Å²) in [6.45, 7) is 0. The zero-order valence-electron chi connectivity index (χ0n) is 16.5. The second-order valence-electron chi connectivity index (χ2n) is 7.19. The lowest BCUT2D eigenvalue weighted by molar-refractivity contribution is -0.117. The number of benzene rings is 1. The molecule has 1 fully saturated rings. The van der Waals surface area contributed by atoms with Gasteiger partial charge in [-0.05, 0) is 37.1 Å². The van der Waals surface area contributed by atoms with E-state index < -0.39 is 0 Å². The fourth-order valence-electron chi connectivity index (χ4n) is 3.20. The minimum Gasteiger partial charge on any atom is -0.371 e. The molecule has 0 aliphatic heterocycles. The molecular formula is C21H18N8O. The molecular weight excluding hydrogens is 380 g/mol. The summed E-state index contributed by atoms with van der Waals surface area (Å²) in [5, 5.41) is 23.1. The van der Waals surface area contributed by atoms with Gasteiger partial charge in [-0.2, -0.15) is 0 Å². The van der Waals surface area contributed by atoms with Gasteiger partial charge in [0, 0.05) is 37.2 Å². The molecule has 4 aromatic rings. The van der Waals surface area contributed by atoms with Crippen molar-refractivity contribution in [3.8, 4) is 11.8 Å². The van der Waals surface area contributed by atoms with Crippen molar-refractivity contribution in [2.24, 2.45) is 13.0 Å². The van der Waals surface area contributed by atoms with Crippen LogP contribution in [-0.2, 0) is 11.8 Å². The molecule has 3 aromatic heterocycles. The van der Waals surface area contributed by atoms with Gasteiger partial charge in [-0.1, -0.05) is 17.1 Å². The number of aromatic nitrogens is 6. The monoisotopic (exact) mass is 398 g/mol. The number of aryl methyl sites for hydroxylation is 1. The van der Waals surface area contributed by atoms with Gasteiger partial charge in [-0.15, -0.1) is 15.3 Å². The van der Waals surface area contributed by atoms with Crippen LogP contribution in [0.3, 0.4) is 0 Å². The van der Waals surface area contributed by atoms with Crippen molar-refractivity contribution in [1.82, 2.24) is 30.2 Å². The fourth-order valence-corrected chi connectivity index (χ4v) is 3.20. The number of carbonyl (C=O) groups is 1. The SMILES string of the molecule is CNc1ncc(C#Cc2ccc3nnn(C)c3c2)c2cc(NC(=O)C3CC3)nnc12. The van der Waals surface area contributed by atoms with E-state index in [4.69, 9.17) is 0 Å². The van der Waals surface area contributed by atoms with Crippen LogP contribution in [0.4, 0.5) is 11.6 Å². The molecule has 0 atom stereocenters. The van der Waals surface area contributed by atoms with Crippen LogP contribution in [0.5, 0.6) is 0 Å². The third-order valence-corrected chi connectivity index (χ3v) is 5.02. The lowest BCUT2D eigenvalue weighted by atomic mass is 10.1. The molecule has 0 saturated heterocycles. The van der Waals surface area contributed by atoms with E-state index in [1.807, 2.05) is 25.2 Å². The number of carbonyl (C=O) groups excluding carboxylic acids is 1. The summed E-state index contributed by atoms with van der Waals surface area (Å²) in [5.74, 6) is 7.44. The smallest absolute Gasteiger partial charge is 0.228 e. The Labute approximate surface area is 171 Å². The molecule has 1 aromatic carbocycles. The van der Waals surface area contributed by atoms with Crippen LogP contribution in [0.1, 0.15) is 24.0 Å². The van der Waals surface area contributed by atoms with Gasteiger partial charge in [0.2, 0.25) is 5.91 Å². The highest BCUT2D eigenvalue weighted by Gasteiger charge is 2.30. The highest BCUT2D eigenvalue weighted by Crippen LogP contribution is 2.30. The molecule has 1 saturated carbocycles. The van der Waals surface area contributed by atoms with Crippen molar-refractivity contribution >= 4 is 39.5 Å². The van der Waals surface area contributed by atoms with Crippen molar-refractivity contribution in [2.75, 3.05) is 17.7 Å². The highest BCUT2D eigenvalue weighted by molar-refractivity contribution is 5.97. The molecule has 30 heavy (non-hydrogen) atoms. The lowest BCUT2D eigenvalue weighted by Crippen LogP contribution is -2.15. The summed E-state index contributed by atoms with van der Waals surface area (Å²) in [4.78, 5) is 16.5. The Morgan fingerprint density at radius 1 is 1.17 bits per heavy atom. The normalized spacial score (nSPS) is 13.1. The highest BCUT2D eigenvalue weighted by atomic mass is 16.2. The van der Waals surface area contributed by atoms with Crippen LogP contribution in [-0.4, -0.2) is 43.1 Å². The van der Waals surface area contributed by atoms with Gasteiger partial charge in [0.05, 0.1) is 11.1 Å². The third-order valence-electron chi connectivity index (χ3n) is 5.02. The van der Waals surface area contributed by atoms with Gasteiger partial charge < -0.3 is 10.6 Å². The number of nitrogens with one attached hydrogen (secondary N) is 2. The Morgan fingerprint density at radius 2 is 2.03 bits per heavy atom. The second-order valence-corrected chi connectivity index (χ2v) is 7.19. The predicted octanol–water partition coefficient (Wildman–Crippen LogP) is 2.10. The van der Waals surface area contributed by atoms with E-state index in [1.54, 1.807) is 24.0 Å². The summed E-state index contributed by atoms with van der Waals surface area (Å²) in [5.41, 5.74) is 3.86. The van der Waals surface area contributed by atoms with Crippen LogP contribution in [0.2, 0.25) is 0 Å². The number of fused-ring (bicyclic) bond motifs is 2. The van der Waals surface area contributed by atoms with Gasteiger partial charge in [-0.25, -0.2) is 9.67 Å². The average molecular weight is 398 g/mol. The number of hydrogen-bond acceptors (Lipinski definition) is 7. The number of hydrogen-bond donors (Lipinski definition) is 2. The van der Waals surface area contributed by atoms with E-state index >= 15 is 0 Å². The zero-order chi connectivity index (χ0) is 20.7. The molecule has 1 aliphatic rings. The van der Waals surface area contributed by atoms with Crippen LogP contribution in [0.15, 0.2) is 30.5 Å². The molecule has 0 spiro atoms. The first kappa shape index (κ1) is 18.0. The third kappa shape index (κ3) is 3.28. The van der Waals surface area contributed by atoms with Crippen molar-refractivity contribution in [1.29, 1.82) is 0 Å². The largest absolute Gasteiger partial charge is 0.371 e. The first-order valence-electron chi connectivity index (χ1n) is 9.59. The molecule has 0 unspecified atom stereocenters. The van der Waals surface area contributed by atoms with Crippen molar-refractivity contribution in [3.05, 3.63) is 41.6 Å². The van der Waals surface area contributed by atoms with E-state index in [0.717, 1.165) is 34.8 Å². The summed E-state index contributed by atoms with van der Waals surface area (Å²) in [6, 6.07) is 7.54. The van der Waals surface area contributed by atoms with E-state index in [9.17, 15) is 4.79 Å². The Hall–Kier alpha value is -4.06. The molecule has 1 aliphatic carbocycles. The predicted molar refractivity (Wildman–Crippen MR) is 113 cm³/mol. The Balaban J connectivity index is 1.56. The van der Waals surface area contributed by atoms with Crippen LogP contribution < -0.4 is 10.6 Å². The fraction of sp³-hybridized carbons (Fsp3) is 0.238. The molecule has 0 radical (unpaired) electrons. The van der Waals surface area contributed by atoms with Gasteiger partial charge >= 0.3 is 0 Å². The maximum Gasteiger partial charge on any atom is 0.228 e. The summed E-state index contributed by atoms with van der Waals surface area (Å²) in [6.07, 6.45) is 3.54. The van der Waals surface area contributed by atoms with Crippen molar-refractivity contribution in [3.63, 3.8) is 0 Å². The van der Waals surface area contributed by atoms with Gasteiger partial charge in [0.1, 0.15) is 11.0 Å². The minimum atomic E-state index is -0.0164. The number of rotatable bonds is 3. The Bertz CT molecular complexity index is 1360. The first-order valence-corrected chi connectivity index (χ1v) is 9.59. The maximum absolute atomic E-state index is 12.1. The van der Waals surface area contributed by atoms with E-state index in [-0.39, 0.29) is 11.8 Å². The Morgan fingerprint density at radius 3 is 2.83 bits per heavy atom. The maximum atomic E-state index is 12.1. The van der Waals surface area contributed by atoms with Crippen molar-refractivity contribution in [2.45, 2.75) is 12.8 Å². The van der Waals surface area contributed by atoms with Crippen LogP contribution >= 0.6 is 0 Å². The number of pyridine rings is 1. The molecule has 9 nitrogen and oxygen atoms in total. The minimum absolute atomic E-state index is 0.0164. The summed E-state index contributed by atoms with van der Waals surface area (Å²) in [7, 11) is 3.62. The second kappa shape index (κ2) is 7.08. The van der Waals surface area contributed by atoms with Crippen LogP contribution in [0, 0.1) is 17.8 Å². The molecule has 9 heteroatoms. The van der Waals surface area contributed by atoms with E-state index in [0.29, 0.717) is 22.7 Å². The first-order chi connectivity index (χ1) is 14.6. The lowest BCUT2D eigenvalue weighted by Gasteiger charge is -2.08. The average Bonchev–Trinajstić information content (AvgIpc) is 3.56. The molecule has 3 heterocycles. The van der Waals surface area contributed by atoms with E-state index in [2.05, 4.69) is 48.0 Å². The Kier molecular flexibility index (Phi) is 4.25. The van der Waals surface area contributed by atoms with Crippen molar-refractivity contribution < 1.29 is 4.79 Å². The van der Waals surface area contributed by atoms with E-state index in [1.165, 1.54) is 0 Å². The molecule has 5 rings (SSSR count). The van der Waals surface area contributed by atoms with Crippen LogP contribution in [0.25, 0.3) is 21.9 Å². The molecule has 2 N–H and O–H groups in total. The number of nitrogens with zero attached hydrogens (tertiary/aromatic N) is 6. The quantitative estimate of drug-likeness (QED) is 0.509. The molecule has 148 valence electrons. The number of anilines is 2. The number of amides is 1. The molecule has 1 amide bonds. The zero-order valence-corrected chi connectivity index (χ0v) is 16.5. The van der Waals surface area contributed by atoms with Gasteiger partial charge in [0.15, 0.2) is 11.6 Å².